The molecule has 12 aromatic rings. The summed E-state index contributed by atoms with van der Waals surface area (Å²) in [6.45, 7) is 0. The third kappa shape index (κ3) is 7.21. The molecule has 0 amide bonds. The van der Waals surface area contributed by atoms with Gasteiger partial charge in [0.25, 0.3) is 0 Å². The SMILES string of the molecule is c1ccc(-c2ccc(-c3ccc(N(c4ccc(-c5cc(-c6ccccc6)cc(-c6ccccc6)c5)cc4)c4ccccc4-c4cccc5oc6c7ccccc7ccc6c45)cc3)cc2)cc1. The van der Waals surface area contributed by atoms with Crippen LogP contribution in [0.3, 0.4) is 0 Å². The molecule has 2 nitrogen and oxygen atoms in total. The number of fused-ring (bicyclic) bond motifs is 5. The van der Waals surface area contributed by atoms with Gasteiger partial charge in [-0.2, -0.15) is 0 Å². The average Bonchev–Trinajstić information content (AvgIpc) is 3.80. The first-order valence-electron chi connectivity index (χ1n) is 22.6. The summed E-state index contributed by atoms with van der Waals surface area (Å²) in [5.41, 5.74) is 19.1. The first-order valence-corrected chi connectivity index (χ1v) is 22.6. The summed E-state index contributed by atoms with van der Waals surface area (Å²) in [5.74, 6) is 0. The third-order valence-corrected chi connectivity index (χ3v) is 12.9. The number of rotatable bonds is 9. The van der Waals surface area contributed by atoms with E-state index in [0.717, 1.165) is 66.6 Å². The molecule has 1 aromatic heterocycles. The van der Waals surface area contributed by atoms with Crippen LogP contribution in [0.2, 0.25) is 0 Å². The van der Waals surface area contributed by atoms with Gasteiger partial charge >= 0.3 is 0 Å². The van der Waals surface area contributed by atoms with Gasteiger partial charge in [-0.1, -0.05) is 200 Å². The van der Waals surface area contributed by atoms with Crippen molar-refractivity contribution in [1.82, 2.24) is 0 Å². The van der Waals surface area contributed by atoms with E-state index in [1.54, 1.807) is 0 Å². The second-order valence-electron chi connectivity index (χ2n) is 16.9. The van der Waals surface area contributed by atoms with Gasteiger partial charge in [0.1, 0.15) is 11.2 Å². The van der Waals surface area contributed by atoms with Gasteiger partial charge in [-0.05, 0) is 127 Å². The zero-order chi connectivity index (χ0) is 43.8. The quantitative estimate of drug-likeness (QED) is 0.144. The molecule has 0 fully saturated rings. The number of furan rings is 1. The monoisotopic (exact) mass is 841 g/mol. The fraction of sp³-hybridized carbons (Fsp3) is 0. The van der Waals surface area contributed by atoms with Crippen LogP contribution >= 0.6 is 0 Å². The highest BCUT2D eigenvalue weighted by molar-refractivity contribution is 6.19. The highest BCUT2D eigenvalue weighted by atomic mass is 16.3. The summed E-state index contributed by atoms with van der Waals surface area (Å²) in [6.07, 6.45) is 0. The van der Waals surface area contributed by atoms with Gasteiger partial charge < -0.3 is 9.32 Å². The van der Waals surface area contributed by atoms with E-state index in [1.165, 1.54) is 49.9 Å². The number of hydrogen-bond donors (Lipinski definition) is 0. The Bertz CT molecular complexity index is 3590. The number of benzene rings is 11. The van der Waals surface area contributed by atoms with Gasteiger partial charge in [0.15, 0.2) is 0 Å². The summed E-state index contributed by atoms with van der Waals surface area (Å²) in [7, 11) is 0. The smallest absolute Gasteiger partial charge is 0.143 e. The number of hydrogen-bond acceptors (Lipinski definition) is 2. The van der Waals surface area contributed by atoms with Crippen molar-refractivity contribution < 1.29 is 4.42 Å². The molecule has 0 bridgehead atoms. The molecule has 310 valence electrons. The van der Waals surface area contributed by atoms with Crippen LogP contribution in [-0.4, -0.2) is 0 Å². The molecular weight excluding hydrogens is 799 g/mol. The summed E-state index contributed by atoms with van der Waals surface area (Å²) in [5, 5.41) is 4.51. The van der Waals surface area contributed by atoms with Crippen LogP contribution in [0.25, 0.3) is 99.5 Å². The van der Waals surface area contributed by atoms with Crippen LogP contribution in [0.4, 0.5) is 17.1 Å². The van der Waals surface area contributed by atoms with Gasteiger partial charge in [-0.3, -0.25) is 0 Å². The van der Waals surface area contributed by atoms with Crippen LogP contribution in [0, 0.1) is 0 Å². The van der Waals surface area contributed by atoms with Crippen molar-refractivity contribution in [3.8, 4) is 66.8 Å². The van der Waals surface area contributed by atoms with E-state index in [0.29, 0.717) is 0 Å². The largest absolute Gasteiger partial charge is 0.455 e. The van der Waals surface area contributed by atoms with Gasteiger partial charge in [-0.25, -0.2) is 0 Å². The van der Waals surface area contributed by atoms with Crippen LogP contribution in [0.15, 0.2) is 265 Å². The molecule has 0 N–H and O–H groups in total. The molecule has 0 saturated carbocycles. The fourth-order valence-electron chi connectivity index (χ4n) is 9.58. The van der Waals surface area contributed by atoms with E-state index in [9.17, 15) is 0 Å². The lowest BCUT2D eigenvalue weighted by Crippen LogP contribution is -2.11. The van der Waals surface area contributed by atoms with Gasteiger partial charge in [-0.15, -0.1) is 0 Å². The molecule has 0 aliphatic rings. The second kappa shape index (κ2) is 16.8. The summed E-state index contributed by atoms with van der Waals surface area (Å²) in [6, 6.07) is 93.8. The number of para-hydroxylation sites is 1. The number of anilines is 3. The van der Waals surface area contributed by atoms with Gasteiger partial charge in [0, 0.05) is 33.1 Å². The van der Waals surface area contributed by atoms with Crippen molar-refractivity contribution in [1.29, 1.82) is 0 Å². The first-order chi connectivity index (χ1) is 32.7. The predicted octanol–water partition coefficient (Wildman–Crippen LogP) is 18.2. The van der Waals surface area contributed by atoms with E-state index in [4.69, 9.17) is 4.42 Å². The normalized spacial score (nSPS) is 11.3. The predicted molar refractivity (Wildman–Crippen MR) is 279 cm³/mol. The van der Waals surface area contributed by atoms with E-state index < -0.39 is 0 Å². The van der Waals surface area contributed by atoms with Crippen molar-refractivity contribution >= 4 is 49.8 Å². The van der Waals surface area contributed by atoms with E-state index in [2.05, 4.69) is 266 Å². The van der Waals surface area contributed by atoms with Crippen molar-refractivity contribution in [2.45, 2.75) is 0 Å². The van der Waals surface area contributed by atoms with Crippen LogP contribution in [0.1, 0.15) is 0 Å². The Labute approximate surface area is 384 Å². The Balaban J connectivity index is 0.990. The lowest BCUT2D eigenvalue weighted by atomic mass is 9.93. The molecular formula is C64H43NO. The van der Waals surface area contributed by atoms with Crippen molar-refractivity contribution in [3.05, 3.63) is 261 Å². The molecule has 0 radical (unpaired) electrons. The summed E-state index contributed by atoms with van der Waals surface area (Å²) >= 11 is 0. The molecule has 2 heteroatoms. The maximum Gasteiger partial charge on any atom is 0.143 e. The summed E-state index contributed by atoms with van der Waals surface area (Å²) < 4.78 is 6.70. The molecule has 0 spiro atoms. The lowest BCUT2D eigenvalue weighted by molar-refractivity contribution is 0.673. The van der Waals surface area contributed by atoms with Crippen molar-refractivity contribution in [2.75, 3.05) is 4.90 Å². The minimum absolute atomic E-state index is 0.875. The Hall–Kier alpha value is -8.72. The van der Waals surface area contributed by atoms with Crippen LogP contribution < -0.4 is 4.90 Å². The van der Waals surface area contributed by atoms with Crippen LogP contribution in [0.5, 0.6) is 0 Å². The third-order valence-electron chi connectivity index (χ3n) is 12.9. The highest BCUT2D eigenvalue weighted by Gasteiger charge is 2.21. The Morgan fingerprint density at radius 3 is 1.26 bits per heavy atom. The minimum atomic E-state index is 0.875. The van der Waals surface area contributed by atoms with Crippen molar-refractivity contribution in [2.24, 2.45) is 0 Å². The molecule has 66 heavy (non-hydrogen) atoms. The highest BCUT2D eigenvalue weighted by Crippen LogP contribution is 2.46. The van der Waals surface area contributed by atoms with Gasteiger partial charge in [0.05, 0.1) is 5.69 Å². The standard InChI is InChI=1S/C64H43NO/c1-4-15-44(16-5-1)47-27-29-48(30-28-47)49-31-36-55(37-32-49)65(56-38-33-50(34-39-56)54-42-52(45-17-6-2-7-18-45)41-53(43-54)46-19-8-3-9-20-46)61-25-13-12-23-58(61)59-24-14-26-62-63(59)60-40-35-51-21-10-11-22-57(51)64(60)66-62/h1-43H. The fourth-order valence-corrected chi connectivity index (χ4v) is 9.58. The minimum Gasteiger partial charge on any atom is -0.455 e. The zero-order valence-electron chi connectivity index (χ0n) is 36.2. The lowest BCUT2D eigenvalue weighted by Gasteiger charge is -2.28. The molecule has 12 rings (SSSR count). The molecule has 0 saturated heterocycles. The second-order valence-corrected chi connectivity index (χ2v) is 16.9. The Morgan fingerprint density at radius 1 is 0.273 bits per heavy atom. The van der Waals surface area contributed by atoms with E-state index >= 15 is 0 Å². The molecule has 0 atom stereocenters. The first kappa shape index (κ1) is 38.9. The van der Waals surface area contributed by atoms with E-state index in [-0.39, 0.29) is 0 Å². The Morgan fingerprint density at radius 2 is 0.697 bits per heavy atom. The number of nitrogens with zero attached hydrogens (tertiary/aromatic N) is 1. The Kier molecular flexibility index (Phi) is 9.89. The molecule has 0 unspecified atom stereocenters. The molecule has 11 aromatic carbocycles. The molecule has 1 heterocycles. The topological polar surface area (TPSA) is 16.4 Å². The van der Waals surface area contributed by atoms with Crippen molar-refractivity contribution in [3.63, 3.8) is 0 Å². The molecule has 0 aliphatic carbocycles. The average molecular weight is 842 g/mol. The zero-order valence-corrected chi connectivity index (χ0v) is 36.2. The maximum atomic E-state index is 6.70. The van der Waals surface area contributed by atoms with Gasteiger partial charge in [0.2, 0.25) is 0 Å². The molecule has 0 aliphatic heterocycles. The maximum absolute atomic E-state index is 6.70. The van der Waals surface area contributed by atoms with Crippen LogP contribution in [-0.2, 0) is 0 Å². The van der Waals surface area contributed by atoms with E-state index in [1.807, 2.05) is 0 Å². The summed E-state index contributed by atoms with van der Waals surface area (Å²) in [4.78, 5) is 2.40.